The van der Waals surface area contributed by atoms with Crippen molar-refractivity contribution in [3.8, 4) is 0 Å². The van der Waals surface area contributed by atoms with Crippen LogP contribution in [0.15, 0.2) is 30.3 Å². The number of hydrogen-bond donors (Lipinski definition) is 1. The summed E-state index contributed by atoms with van der Waals surface area (Å²) in [5.74, 6) is 0. The summed E-state index contributed by atoms with van der Waals surface area (Å²) in [7, 11) is 6.52. The Kier molecular flexibility index (Phi) is 4.75. The maximum Gasteiger partial charge on any atom is 0.0332 e. The summed E-state index contributed by atoms with van der Waals surface area (Å²) in [6, 6.07) is 11.8. The zero-order valence-electron chi connectivity index (χ0n) is 11.8. The van der Waals surface area contributed by atoms with Crippen molar-refractivity contribution in [2.45, 2.75) is 18.5 Å². The molecule has 0 radical (unpaired) electrons. The average Bonchev–Trinajstić information content (AvgIpc) is 2.41. The maximum atomic E-state index is 3.46. The van der Waals surface area contributed by atoms with Gasteiger partial charge in [-0.1, -0.05) is 30.3 Å². The molecule has 1 fully saturated rings. The summed E-state index contributed by atoms with van der Waals surface area (Å²) in [6.45, 7) is 3.52. The van der Waals surface area contributed by atoms with E-state index in [0.717, 1.165) is 0 Å². The molecule has 18 heavy (non-hydrogen) atoms. The molecule has 1 aliphatic rings. The number of hydrogen-bond acceptors (Lipinski definition) is 3. The molecule has 100 valence electrons. The molecule has 1 aliphatic heterocycles. The Morgan fingerprint density at radius 2 is 1.94 bits per heavy atom. The van der Waals surface area contributed by atoms with Gasteiger partial charge in [0.2, 0.25) is 0 Å². The lowest BCUT2D eigenvalue weighted by atomic mass is 9.97. The second-order valence-electron chi connectivity index (χ2n) is 5.38. The third kappa shape index (κ3) is 3.31. The third-order valence-electron chi connectivity index (χ3n) is 4.04. The molecule has 0 aliphatic carbocycles. The molecule has 0 aromatic heterocycles. The quantitative estimate of drug-likeness (QED) is 0.871. The van der Waals surface area contributed by atoms with E-state index in [4.69, 9.17) is 0 Å². The SMILES string of the molecule is CNC(CC1CN(C)CCN1C)c1ccccc1. The second-order valence-corrected chi connectivity index (χ2v) is 5.38. The van der Waals surface area contributed by atoms with Crippen LogP contribution in [0.2, 0.25) is 0 Å². The predicted molar refractivity (Wildman–Crippen MR) is 76.8 cm³/mol. The molecule has 2 atom stereocenters. The van der Waals surface area contributed by atoms with Gasteiger partial charge in [0, 0.05) is 31.7 Å². The van der Waals surface area contributed by atoms with Crippen LogP contribution in [-0.2, 0) is 0 Å². The standard InChI is InChI=1S/C15H25N3/c1-16-15(13-7-5-4-6-8-13)11-14-12-17(2)9-10-18(14)3/h4-8,14-16H,9-12H2,1-3H3. The van der Waals surface area contributed by atoms with Crippen molar-refractivity contribution in [1.82, 2.24) is 15.1 Å². The normalized spacial score (nSPS) is 24.1. The minimum atomic E-state index is 0.449. The van der Waals surface area contributed by atoms with E-state index >= 15 is 0 Å². The first-order valence-electron chi connectivity index (χ1n) is 6.81. The molecular formula is C15H25N3. The number of benzene rings is 1. The molecule has 1 aromatic rings. The molecule has 0 saturated carbocycles. The van der Waals surface area contributed by atoms with Crippen molar-refractivity contribution in [1.29, 1.82) is 0 Å². The van der Waals surface area contributed by atoms with Crippen molar-refractivity contribution >= 4 is 0 Å². The van der Waals surface area contributed by atoms with E-state index in [0.29, 0.717) is 12.1 Å². The lowest BCUT2D eigenvalue weighted by Crippen LogP contribution is -2.50. The highest BCUT2D eigenvalue weighted by Crippen LogP contribution is 2.21. The molecule has 2 unspecified atom stereocenters. The maximum absolute atomic E-state index is 3.46. The van der Waals surface area contributed by atoms with Crippen LogP contribution < -0.4 is 5.32 Å². The highest BCUT2D eigenvalue weighted by atomic mass is 15.3. The van der Waals surface area contributed by atoms with Gasteiger partial charge in [-0.25, -0.2) is 0 Å². The summed E-state index contributed by atoms with van der Waals surface area (Å²) < 4.78 is 0. The van der Waals surface area contributed by atoms with E-state index in [9.17, 15) is 0 Å². The molecule has 3 nitrogen and oxygen atoms in total. The Morgan fingerprint density at radius 3 is 2.61 bits per heavy atom. The van der Waals surface area contributed by atoms with Gasteiger partial charge in [-0.15, -0.1) is 0 Å². The van der Waals surface area contributed by atoms with Crippen molar-refractivity contribution in [3.05, 3.63) is 35.9 Å². The Bertz CT molecular complexity index is 352. The van der Waals surface area contributed by atoms with Gasteiger partial charge in [-0.05, 0) is 33.1 Å². The van der Waals surface area contributed by atoms with Gasteiger partial charge in [0.25, 0.3) is 0 Å². The van der Waals surface area contributed by atoms with E-state index in [1.54, 1.807) is 0 Å². The van der Waals surface area contributed by atoms with Gasteiger partial charge in [-0.3, -0.25) is 0 Å². The van der Waals surface area contributed by atoms with Gasteiger partial charge in [0.05, 0.1) is 0 Å². The molecule has 0 bridgehead atoms. The zero-order valence-corrected chi connectivity index (χ0v) is 11.8. The first kappa shape index (κ1) is 13.5. The highest BCUT2D eigenvalue weighted by molar-refractivity contribution is 5.19. The summed E-state index contributed by atoms with van der Waals surface area (Å²) in [5, 5.41) is 3.46. The van der Waals surface area contributed by atoms with Crippen molar-refractivity contribution in [2.75, 3.05) is 40.8 Å². The highest BCUT2D eigenvalue weighted by Gasteiger charge is 2.25. The molecule has 2 rings (SSSR count). The van der Waals surface area contributed by atoms with Crippen LogP contribution >= 0.6 is 0 Å². The van der Waals surface area contributed by atoms with Gasteiger partial charge in [0.1, 0.15) is 0 Å². The Hall–Kier alpha value is -0.900. The van der Waals surface area contributed by atoms with E-state index < -0.39 is 0 Å². The summed E-state index contributed by atoms with van der Waals surface area (Å²) >= 11 is 0. The first-order chi connectivity index (χ1) is 8.70. The van der Waals surface area contributed by atoms with Gasteiger partial charge in [0.15, 0.2) is 0 Å². The first-order valence-corrected chi connectivity index (χ1v) is 6.81. The number of piperazine rings is 1. The van der Waals surface area contributed by atoms with Gasteiger partial charge < -0.3 is 15.1 Å². The average molecular weight is 247 g/mol. The molecule has 3 heteroatoms. The fourth-order valence-corrected chi connectivity index (χ4v) is 2.73. The lowest BCUT2D eigenvalue weighted by Gasteiger charge is -2.39. The van der Waals surface area contributed by atoms with Gasteiger partial charge in [-0.2, -0.15) is 0 Å². The Labute approximate surface area is 111 Å². The fourth-order valence-electron chi connectivity index (χ4n) is 2.73. The van der Waals surface area contributed by atoms with Crippen LogP contribution in [0.4, 0.5) is 0 Å². The van der Waals surface area contributed by atoms with Crippen LogP contribution in [0.3, 0.4) is 0 Å². The van der Waals surface area contributed by atoms with Crippen LogP contribution in [0.25, 0.3) is 0 Å². The van der Waals surface area contributed by atoms with Crippen molar-refractivity contribution < 1.29 is 0 Å². The van der Waals surface area contributed by atoms with Crippen molar-refractivity contribution in [2.24, 2.45) is 0 Å². The van der Waals surface area contributed by atoms with Crippen LogP contribution in [0.5, 0.6) is 0 Å². The van der Waals surface area contributed by atoms with Gasteiger partial charge >= 0.3 is 0 Å². The van der Waals surface area contributed by atoms with E-state index in [2.05, 4.69) is 66.6 Å². The molecule has 0 spiro atoms. The van der Waals surface area contributed by atoms with Crippen LogP contribution in [0, 0.1) is 0 Å². The summed E-state index contributed by atoms with van der Waals surface area (Å²) in [6.07, 6.45) is 1.17. The Morgan fingerprint density at radius 1 is 1.22 bits per heavy atom. The molecule has 1 saturated heterocycles. The number of nitrogens with one attached hydrogen (secondary N) is 1. The largest absolute Gasteiger partial charge is 0.313 e. The number of likely N-dealkylation sites (N-methyl/N-ethyl adjacent to an activating group) is 2. The van der Waals surface area contributed by atoms with E-state index in [1.807, 2.05) is 0 Å². The third-order valence-corrected chi connectivity index (χ3v) is 4.04. The van der Waals surface area contributed by atoms with Crippen LogP contribution in [0.1, 0.15) is 18.0 Å². The monoisotopic (exact) mass is 247 g/mol. The van der Waals surface area contributed by atoms with E-state index in [-0.39, 0.29) is 0 Å². The molecule has 1 aromatic carbocycles. The topological polar surface area (TPSA) is 18.5 Å². The smallest absolute Gasteiger partial charge is 0.0332 e. The minimum absolute atomic E-state index is 0.449. The van der Waals surface area contributed by atoms with E-state index in [1.165, 1.54) is 31.6 Å². The fraction of sp³-hybridized carbons (Fsp3) is 0.600. The van der Waals surface area contributed by atoms with Crippen LogP contribution in [-0.4, -0.2) is 56.6 Å². The number of rotatable bonds is 4. The molecule has 1 heterocycles. The lowest BCUT2D eigenvalue weighted by molar-refractivity contribution is 0.102. The summed E-state index contributed by atoms with van der Waals surface area (Å²) in [4.78, 5) is 4.93. The predicted octanol–water partition coefficient (Wildman–Crippen LogP) is 1.58. The zero-order chi connectivity index (χ0) is 13.0. The molecule has 1 N–H and O–H groups in total. The molecule has 0 amide bonds. The molecular weight excluding hydrogens is 222 g/mol. The summed E-state index contributed by atoms with van der Waals surface area (Å²) in [5.41, 5.74) is 1.39. The van der Waals surface area contributed by atoms with Crippen molar-refractivity contribution in [3.63, 3.8) is 0 Å². The minimum Gasteiger partial charge on any atom is -0.313 e. The Balaban J connectivity index is 2.01. The number of nitrogens with zero attached hydrogens (tertiary/aromatic N) is 2. The second kappa shape index (κ2) is 6.32.